The van der Waals surface area contributed by atoms with Crippen LogP contribution in [-0.2, 0) is 13.1 Å². The molecule has 23 heavy (non-hydrogen) atoms. The highest BCUT2D eigenvalue weighted by Gasteiger charge is 2.07. The quantitative estimate of drug-likeness (QED) is 0.630. The van der Waals surface area contributed by atoms with Crippen molar-refractivity contribution in [2.24, 2.45) is 4.99 Å². The molecule has 1 aromatic carbocycles. The lowest BCUT2D eigenvalue weighted by Gasteiger charge is -2.21. The topological polar surface area (TPSA) is 57.1 Å². The van der Waals surface area contributed by atoms with Crippen LogP contribution in [0.2, 0.25) is 0 Å². The van der Waals surface area contributed by atoms with Gasteiger partial charge in [0.15, 0.2) is 17.5 Å². The monoisotopic (exact) mass is 333 g/mol. The molecular weight excluding hydrogens is 310 g/mol. The molecule has 2 rings (SSSR count). The van der Waals surface area contributed by atoms with Crippen LogP contribution in [0.25, 0.3) is 0 Å². The molecule has 0 saturated heterocycles. The third-order valence-corrected chi connectivity index (χ3v) is 4.08. The van der Waals surface area contributed by atoms with Crippen LogP contribution in [0.15, 0.2) is 40.0 Å². The fourth-order valence-corrected chi connectivity index (χ4v) is 2.86. The number of phenols is 1. The van der Waals surface area contributed by atoms with Gasteiger partial charge in [-0.2, -0.15) is 11.3 Å². The number of thiophene rings is 1. The van der Waals surface area contributed by atoms with Crippen molar-refractivity contribution < 1.29 is 9.84 Å². The average molecular weight is 333 g/mol. The number of guanidine groups is 1. The summed E-state index contributed by atoms with van der Waals surface area (Å²) in [5.41, 5.74) is 2.20. The Morgan fingerprint density at radius 1 is 1.35 bits per heavy atom. The first-order valence-electron chi connectivity index (χ1n) is 7.50. The molecule has 0 fully saturated rings. The minimum absolute atomic E-state index is 0.136. The van der Waals surface area contributed by atoms with E-state index in [-0.39, 0.29) is 5.75 Å². The maximum absolute atomic E-state index is 9.84. The number of rotatable bonds is 6. The van der Waals surface area contributed by atoms with Crippen molar-refractivity contribution in [2.75, 3.05) is 20.7 Å². The molecule has 124 valence electrons. The maximum Gasteiger partial charge on any atom is 0.194 e. The van der Waals surface area contributed by atoms with Crippen molar-refractivity contribution in [1.29, 1.82) is 0 Å². The van der Waals surface area contributed by atoms with Crippen molar-refractivity contribution in [3.8, 4) is 11.5 Å². The molecule has 0 radical (unpaired) electrons. The van der Waals surface area contributed by atoms with Gasteiger partial charge in [0, 0.05) is 20.1 Å². The molecule has 5 nitrogen and oxygen atoms in total. The third kappa shape index (κ3) is 4.89. The van der Waals surface area contributed by atoms with Crippen molar-refractivity contribution in [1.82, 2.24) is 10.2 Å². The summed E-state index contributed by atoms with van der Waals surface area (Å²) in [5, 5.41) is 17.4. The standard InChI is InChI=1S/C17H23N3O2S/c1-4-18-17(20(2)11-14-7-8-23-12-14)19-10-13-5-6-16(22-3)15(21)9-13/h5-9,12,21H,4,10-11H2,1-3H3,(H,18,19). The summed E-state index contributed by atoms with van der Waals surface area (Å²) in [5.74, 6) is 1.45. The van der Waals surface area contributed by atoms with Gasteiger partial charge >= 0.3 is 0 Å². The second kappa shape index (κ2) is 8.43. The number of nitrogens with one attached hydrogen (secondary N) is 1. The third-order valence-electron chi connectivity index (χ3n) is 3.35. The van der Waals surface area contributed by atoms with Gasteiger partial charge in [-0.15, -0.1) is 0 Å². The van der Waals surface area contributed by atoms with Crippen LogP contribution in [0.3, 0.4) is 0 Å². The van der Waals surface area contributed by atoms with E-state index >= 15 is 0 Å². The highest BCUT2D eigenvalue weighted by atomic mass is 32.1. The molecule has 2 aromatic rings. The van der Waals surface area contributed by atoms with Crippen LogP contribution < -0.4 is 10.1 Å². The van der Waals surface area contributed by atoms with E-state index in [0.29, 0.717) is 12.3 Å². The van der Waals surface area contributed by atoms with Crippen LogP contribution in [0.5, 0.6) is 11.5 Å². The zero-order chi connectivity index (χ0) is 16.7. The number of aliphatic imine (C=N–C) groups is 1. The number of nitrogens with zero attached hydrogens (tertiary/aromatic N) is 2. The predicted molar refractivity (Wildman–Crippen MR) is 95.3 cm³/mol. The Hall–Kier alpha value is -2.21. The molecule has 0 atom stereocenters. The van der Waals surface area contributed by atoms with Gasteiger partial charge in [-0.1, -0.05) is 6.07 Å². The minimum atomic E-state index is 0.136. The summed E-state index contributed by atoms with van der Waals surface area (Å²) in [6.45, 7) is 4.16. The largest absolute Gasteiger partial charge is 0.504 e. The van der Waals surface area contributed by atoms with E-state index in [9.17, 15) is 5.11 Å². The van der Waals surface area contributed by atoms with E-state index in [0.717, 1.165) is 24.6 Å². The van der Waals surface area contributed by atoms with Crippen LogP contribution in [-0.4, -0.2) is 36.7 Å². The second-order valence-electron chi connectivity index (χ2n) is 5.16. The van der Waals surface area contributed by atoms with E-state index < -0.39 is 0 Å². The smallest absolute Gasteiger partial charge is 0.194 e. The number of hydrogen-bond acceptors (Lipinski definition) is 4. The summed E-state index contributed by atoms with van der Waals surface area (Å²) in [7, 11) is 3.56. The van der Waals surface area contributed by atoms with Crippen LogP contribution in [0, 0.1) is 0 Å². The fraction of sp³-hybridized carbons (Fsp3) is 0.353. The normalized spacial score (nSPS) is 11.3. The Bertz CT molecular complexity index is 641. The predicted octanol–water partition coefficient (Wildman–Crippen LogP) is 3.06. The Morgan fingerprint density at radius 3 is 2.78 bits per heavy atom. The lowest BCUT2D eigenvalue weighted by molar-refractivity contribution is 0.373. The van der Waals surface area contributed by atoms with Gasteiger partial charge in [-0.25, -0.2) is 4.99 Å². The Kier molecular flexibility index (Phi) is 6.29. The van der Waals surface area contributed by atoms with Crippen LogP contribution in [0.4, 0.5) is 0 Å². The number of phenolic OH excluding ortho intramolecular Hbond substituents is 1. The van der Waals surface area contributed by atoms with Crippen molar-refractivity contribution in [3.05, 3.63) is 46.2 Å². The Balaban J connectivity index is 2.07. The van der Waals surface area contributed by atoms with Crippen LogP contribution in [0.1, 0.15) is 18.1 Å². The molecule has 0 aliphatic heterocycles. The van der Waals surface area contributed by atoms with Gasteiger partial charge in [0.1, 0.15) is 0 Å². The SMILES string of the molecule is CCNC(=NCc1ccc(OC)c(O)c1)N(C)Cc1ccsc1. The molecule has 0 spiro atoms. The van der Waals surface area contributed by atoms with Gasteiger partial charge in [0.25, 0.3) is 0 Å². The zero-order valence-electron chi connectivity index (χ0n) is 13.7. The number of ether oxygens (including phenoxy) is 1. The van der Waals surface area contributed by atoms with Crippen molar-refractivity contribution in [2.45, 2.75) is 20.0 Å². The van der Waals surface area contributed by atoms with E-state index in [1.54, 1.807) is 23.5 Å². The van der Waals surface area contributed by atoms with E-state index in [2.05, 4.69) is 32.0 Å². The van der Waals surface area contributed by atoms with E-state index in [4.69, 9.17) is 4.74 Å². The number of benzene rings is 1. The van der Waals surface area contributed by atoms with Crippen LogP contribution >= 0.6 is 11.3 Å². The van der Waals surface area contributed by atoms with Gasteiger partial charge in [0.05, 0.1) is 13.7 Å². The molecule has 1 heterocycles. The molecular formula is C17H23N3O2S. The molecule has 0 amide bonds. The van der Waals surface area contributed by atoms with E-state index in [1.807, 2.05) is 20.0 Å². The van der Waals surface area contributed by atoms with Gasteiger partial charge < -0.3 is 20.1 Å². The fourth-order valence-electron chi connectivity index (χ4n) is 2.20. The Labute approximate surface area is 141 Å². The lowest BCUT2D eigenvalue weighted by Crippen LogP contribution is -2.38. The molecule has 0 unspecified atom stereocenters. The molecule has 2 N–H and O–H groups in total. The first kappa shape index (κ1) is 17.1. The van der Waals surface area contributed by atoms with Crippen molar-refractivity contribution in [3.63, 3.8) is 0 Å². The average Bonchev–Trinajstić information content (AvgIpc) is 3.04. The molecule has 0 bridgehead atoms. The lowest BCUT2D eigenvalue weighted by atomic mass is 10.2. The van der Waals surface area contributed by atoms with Gasteiger partial charge in [-0.3, -0.25) is 0 Å². The van der Waals surface area contributed by atoms with Crippen molar-refractivity contribution >= 4 is 17.3 Å². The number of aromatic hydroxyl groups is 1. The molecule has 0 saturated carbocycles. The molecule has 1 aromatic heterocycles. The molecule has 0 aliphatic rings. The summed E-state index contributed by atoms with van der Waals surface area (Å²) < 4.78 is 5.06. The highest BCUT2D eigenvalue weighted by molar-refractivity contribution is 7.07. The number of methoxy groups -OCH3 is 1. The molecule has 0 aliphatic carbocycles. The minimum Gasteiger partial charge on any atom is -0.504 e. The summed E-state index contributed by atoms with van der Waals surface area (Å²) >= 11 is 1.70. The maximum atomic E-state index is 9.84. The second-order valence-corrected chi connectivity index (χ2v) is 5.94. The van der Waals surface area contributed by atoms with Gasteiger partial charge in [-0.05, 0) is 47.0 Å². The first-order valence-corrected chi connectivity index (χ1v) is 8.44. The first-order chi connectivity index (χ1) is 11.1. The highest BCUT2D eigenvalue weighted by Crippen LogP contribution is 2.26. The van der Waals surface area contributed by atoms with E-state index in [1.165, 1.54) is 12.7 Å². The number of hydrogen-bond donors (Lipinski definition) is 2. The summed E-state index contributed by atoms with van der Waals surface area (Å²) in [6.07, 6.45) is 0. The summed E-state index contributed by atoms with van der Waals surface area (Å²) in [4.78, 5) is 6.74. The molecule has 6 heteroatoms. The van der Waals surface area contributed by atoms with Gasteiger partial charge in [0.2, 0.25) is 0 Å². The Morgan fingerprint density at radius 2 is 2.17 bits per heavy atom. The summed E-state index contributed by atoms with van der Waals surface area (Å²) in [6, 6.07) is 7.46. The zero-order valence-corrected chi connectivity index (χ0v) is 14.6.